The van der Waals surface area contributed by atoms with E-state index in [9.17, 15) is 0 Å². The first-order valence-corrected chi connectivity index (χ1v) is 12.1. The smallest absolute Gasteiger partial charge is 0.161 e. The Morgan fingerprint density at radius 1 is 0.647 bits per heavy atom. The van der Waals surface area contributed by atoms with E-state index in [1.165, 1.54) is 0 Å². The molecule has 34 heavy (non-hydrogen) atoms. The van der Waals surface area contributed by atoms with Crippen LogP contribution in [0, 0.1) is 0 Å². The highest BCUT2D eigenvalue weighted by Crippen LogP contribution is 2.27. The monoisotopic (exact) mass is 474 g/mol. The van der Waals surface area contributed by atoms with E-state index < -0.39 is 0 Å². The molecule has 2 atom stereocenters. The first-order valence-electron chi connectivity index (χ1n) is 12.1. The van der Waals surface area contributed by atoms with Gasteiger partial charge >= 0.3 is 0 Å². The number of hydrogen-bond acceptors (Lipinski definition) is 8. The van der Waals surface area contributed by atoms with Crippen LogP contribution in [0.4, 0.5) is 0 Å². The predicted molar refractivity (Wildman–Crippen MR) is 131 cm³/mol. The molecule has 0 amide bonds. The van der Waals surface area contributed by atoms with E-state index in [1.54, 1.807) is 0 Å². The first kappa shape index (κ1) is 26.1. The Bertz CT molecular complexity index is 742. The molecule has 0 radical (unpaired) electrons. The molecule has 0 bridgehead atoms. The number of morpholine rings is 2. The maximum Gasteiger partial charge on any atom is 0.161 e. The molecule has 0 aliphatic carbocycles. The quantitative estimate of drug-likeness (QED) is 0.544. The van der Waals surface area contributed by atoms with Gasteiger partial charge in [0.1, 0.15) is 25.4 Å². The SMILES string of the molecule is CCOc1ccccc1OC[C@@H]1CNCCO1.CCOc1ccccc1OC[C@H]1CNCCO1. The van der Waals surface area contributed by atoms with Gasteiger partial charge in [-0.3, -0.25) is 0 Å². The topological polar surface area (TPSA) is 79.4 Å². The molecule has 2 fully saturated rings. The third-order valence-corrected chi connectivity index (χ3v) is 5.16. The second kappa shape index (κ2) is 15.4. The molecule has 0 aromatic heterocycles. The Morgan fingerprint density at radius 3 is 1.35 bits per heavy atom. The molecule has 0 unspecified atom stereocenters. The van der Waals surface area contributed by atoms with Crippen molar-refractivity contribution in [3.63, 3.8) is 0 Å². The normalized spacial score (nSPS) is 19.9. The van der Waals surface area contributed by atoms with Crippen molar-refractivity contribution in [1.82, 2.24) is 10.6 Å². The van der Waals surface area contributed by atoms with Gasteiger partial charge in [-0.25, -0.2) is 0 Å². The summed E-state index contributed by atoms with van der Waals surface area (Å²) in [5, 5.41) is 6.55. The average Bonchev–Trinajstić information content (AvgIpc) is 2.90. The Kier molecular flexibility index (Phi) is 11.8. The Balaban J connectivity index is 0.000000191. The summed E-state index contributed by atoms with van der Waals surface area (Å²) in [7, 11) is 0. The lowest BCUT2D eigenvalue weighted by Gasteiger charge is -2.24. The number of rotatable bonds is 10. The van der Waals surface area contributed by atoms with Crippen LogP contribution < -0.4 is 29.6 Å². The highest BCUT2D eigenvalue weighted by Gasteiger charge is 2.16. The molecule has 0 saturated carbocycles. The molecule has 0 spiro atoms. The molecular weight excluding hydrogens is 436 g/mol. The summed E-state index contributed by atoms with van der Waals surface area (Å²) in [6, 6.07) is 15.4. The lowest BCUT2D eigenvalue weighted by atomic mass is 10.3. The highest BCUT2D eigenvalue weighted by molar-refractivity contribution is 5.40. The van der Waals surface area contributed by atoms with E-state index in [2.05, 4.69) is 10.6 Å². The van der Waals surface area contributed by atoms with Crippen LogP contribution in [0.2, 0.25) is 0 Å². The Labute approximate surface area is 202 Å². The molecule has 2 heterocycles. The van der Waals surface area contributed by atoms with Crippen LogP contribution >= 0.6 is 0 Å². The fraction of sp³-hybridized carbons (Fsp3) is 0.538. The van der Waals surface area contributed by atoms with Crippen molar-refractivity contribution >= 4 is 0 Å². The third-order valence-electron chi connectivity index (χ3n) is 5.16. The lowest BCUT2D eigenvalue weighted by molar-refractivity contribution is -0.000389. The standard InChI is InChI=1S/2C13H19NO3/c2*1-2-15-12-5-3-4-6-13(12)17-10-11-9-14-7-8-16-11/h2*3-6,11,14H,2,7-10H2,1H3/t2*11-/m10/s1. The van der Waals surface area contributed by atoms with Gasteiger partial charge in [0.2, 0.25) is 0 Å². The number of ether oxygens (including phenoxy) is 6. The highest BCUT2D eigenvalue weighted by atomic mass is 16.6. The second-order valence-electron chi connectivity index (χ2n) is 7.78. The predicted octanol–water partition coefficient (Wildman–Crippen LogP) is 2.91. The van der Waals surface area contributed by atoms with Gasteiger partial charge in [-0.1, -0.05) is 24.3 Å². The van der Waals surface area contributed by atoms with Crippen molar-refractivity contribution in [3.05, 3.63) is 48.5 Å². The summed E-state index contributed by atoms with van der Waals surface area (Å²) >= 11 is 0. The van der Waals surface area contributed by atoms with E-state index in [0.717, 1.165) is 62.4 Å². The third kappa shape index (κ3) is 9.02. The molecule has 2 saturated heterocycles. The molecule has 2 aromatic carbocycles. The van der Waals surface area contributed by atoms with Crippen LogP contribution in [-0.2, 0) is 9.47 Å². The molecule has 8 nitrogen and oxygen atoms in total. The van der Waals surface area contributed by atoms with Crippen LogP contribution in [0.5, 0.6) is 23.0 Å². The minimum absolute atomic E-state index is 0.124. The zero-order valence-electron chi connectivity index (χ0n) is 20.3. The van der Waals surface area contributed by atoms with Crippen molar-refractivity contribution in [1.29, 1.82) is 0 Å². The Morgan fingerprint density at radius 2 is 1.03 bits per heavy atom. The first-order chi connectivity index (χ1) is 16.8. The van der Waals surface area contributed by atoms with Gasteiger partial charge in [-0.2, -0.15) is 0 Å². The number of benzene rings is 2. The summed E-state index contributed by atoms with van der Waals surface area (Å²) in [6.45, 7) is 11.3. The van der Waals surface area contributed by atoms with Crippen molar-refractivity contribution in [2.24, 2.45) is 0 Å². The maximum atomic E-state index is 5.74. The van der Waals surface area contributed by atoms with Gasteiger partial charge in [0.25, 0.3) is 0 Å². The summed E-state index contributed by atoms with van der Waals surface area (Å²) in [5.74, 6) is 3.14. The average molecular weight is 475 g/mol. The summed E-state index contributed by atoms with van der Waals surface area (Å²) in [4.78, 5) is 0. The van der Waals surface area contributed by atoms with Gasteiger partial charge < -0.3 is 39.1 Å². The molecule has 4 rings (SSSR count). The molecule has 188 valence electrons. The van der Waals surface area contributed by atoms with Crippen LogP contribution in [0.3, 0.4) is 0 Å². The maximum absolute atomic E-state index is 5.74. The van der Waals surface area contributed by atoms with Gasteiger partial charge in [-0.15, -0.1) is 0 Å². The number of para-hydroxylation sites is 4. The molecule has 2 aromatic rings. The Hall–Kier alpha value is -2.52. The molecule has 2 N–H and O–H groups in total. The van der Waals surface area contributed by atoms with Crippen molar-refractivity contribution in [2.45, 2.75) is 26.1 Å². The second-order valence-corrected chi connectivity index (χ2v) is 7.78. The van der Waals surface area contributed by atoms with E-state index in [-0.39, 0.29) is 12.2 Å². The van der Waals surface area contributed by atoms with Crippen LogP contribution in [0.15, 0.2) is 48.5 Å². The fourth-order valence-corrected chi connectivity index (χ4v) is 3.51. The van der Waals surface area contributed by atoms with Gasteiger partial charge in [-0.05, 0) is 38.1 Å². The van der Waals surface area contributed by atoms with Gasteiger partial charge in [0, 0.05) is 26.2 Å². The molecule has 8 heteroatoms. The summed E-state index contributed by atoms with van der Waals surface area (Å²) in [5.41, 5.74) is 0. The van der Waals surface area contributed by atoms with Crippen molar-refractivity contribution < 1.29 is 28.4 Å². The summed E-state index contributed by atoms with van der Waals surface area (Å²) < 4.78 is 33.6. The zero-order chi connectivity index (χ0) is 23.8. The van der Waals surface area contributed by atoms with E-state index in [0.29, 0.717) is 26.4 Å². The van der Waals surface area contributed by atoms with E-state index >= 15 is 0 Å². The molecule has 2 aliphatic rings. The number of hydrogen-bond donors (Lipinski definition) is 2. The molecular formula is C26H38N2O6. The van der Waals surface area contributed by atoms with E-state index in [4.69, 9.17) is 28.4 Å². The summed E-state index contributed by atoms with van der Waals surface area (Å²) in [6.07, 6.45) is 0.247. The van der Waals surface area contributed by atoms with E-state index in [1.807, 2.05) is 62.4 Å². The van der Waals surface area contributed by atoms with Crippen LogP contribution in [-0.4, -0.2) is 78.0 Å². The minimum atomic E-state index is 0.124. The zero-order valence-corrected chi connectivity index (χ0v) is 20.3. The fourth-order valence-electron chi connectivity index (χ4n) is 3.51. The van der Waals surface area contributed by atoms with Crippen molar-refractivity contribution in [2.75, 3.05) is 65.8 Å². The molecule has 2 aliphatic heterocycles. The van der Waals surface area contributed by atoms with Crippen LogP contribution in [0.25, 0.3) is 0 Å². The van der Waals surface area contributed by atoms with Gasteiger partial charge in [0.05, 0.1) is 26.4 Å². The minimum Gasteiger partial charge on any atom is -0.490 e. The number of nitrogens with one attached hydrogen (secondary N) is 2. The van der Waals surface area contributed by atoms with Gasteiger partial charge in [0.15, 0.2) is 23.0 Å². The van der Waals surface area contributed by atoms with Crippen molar-refractivity contribution in [3.8, 4) is 23.0 Å². The van der Waals surface area contributed by atoms with Crippen LogP contribution in [0.1, 0.15) is 13.8 Å². The largest absolute Gasteiger partial charge is 0.490 e. The lowest BCUT2D eigenvalue weighted by Crippen LogP contribution is -2.41.